The van der Waals surface area contributed by atoms with Crippen molar-refractivity contribution in [2.75, 3.05) is 46.2 Å². The number of benzene rings is 1. The van der Waals surface area contributed by atoms with Crippen molar-refractivity contribution in [3.63, 3.8) is 0 Å². The number of hydrogen-bond acceptors (Lipinski definition) is 5. The maximum absolute atomic E-state index is 12.1. The number of urea groups is 1. The molecule has 1 aromatic rings. The predicted octanol–water partition coefficient (Wildman–Crippen LogP) is 2.13. The van der Waals surface area contributed by atoms with Gasteiger partial charge in [-0.05, 0) is 30.0 Å². The lowest BCUT2D eigenvalue weighted by molar-refractivity contribution is 0.0167. The number of carbonyl (C=O) groups excluding carboxylic acids is 1. The lowest BCUT2D eigenvalue weighted by atomic mass is 10.0. The molecule has 2 aliphatic heterocycles. The minimum atomic E-state index is -0.121. The SMILES string of the molecule is CC(C)CCNC(=O)NCC(c1ccc2c(c1)OCO2)N1CCOCC1. The Bertz CT molecular complexity index is 602. The molecule has 1 unspecified atom stereocenters. The summed E-state index contributed by atoms with van der Waals surface area (Å²) in [5, 5.41) is 5.94. The van der Waals surface area contributed by atoms with E-state index in [1.807, 2.05) is 18.2 Å². The summed E-state index contributed by atoms with van der Waals surface area (Å²) in [7, 11) is 0. The van der Waals surface area contributed by atoms with Crippen LogP contribution in [0.2, 0.25) is 0 Å². The van der Waals surface area contributed by atoms with Crippen LogP contribution in [0.25, 0.3) is 0 Å². The highest BCUT2D eigenvalue weighted by Gasteiger charge is 2.25. The number of hydrogen-bond donors (Lipinski definition) is 2. The smallest absolute Gasteiger partial charge is 0.314 e. The van der Waals surface area contributed by atoms with Crippen LogP contribution in [-0.4, -0.2) is 57.1 Å². The highest BCUT2D eigenvalue weighted by molar-refractivity contribution is 5.73. The quantitative estimate of drug-likeness (QED) is 0.777. The summed E-state index contributed by atoms with van der Waals surface area (Å²) >= 11 is 0. The van der Waals surface area contributed by atoms with E-state index < -0.39 is 0 Å². The summed E-state index contributed by atoms with van der Waals surface area (Å²) in [4.78, 5) is 14.5. The standard InChI is InChI=1S/C19H29N3O4/c1-14(2)5-6-20-19(23)21-12-16(22-7-9-24-10-8-22)15-3-4-17-18(11-15)26-13-25-17/h3-4,11,14,16H,5-10,12-13H2,1-2H3,(H2,20,21,23). The van der Waals surface area contributed by atoms with Crippen molar-refractivity contribution < 1.29 is 19.0 Å². The second-order valence-corrected chi connectivity index (χ2v) is 7.10. The van der Waals surface area contributed by atoms with Crippen molar-refractivity contribution in [3.8, 4) is 11.5 Å². The van der Waals surface area contributed by atoms with Gasteiger partial charge >= 0.3 is 6.03 Å². The zero-order valence-electron chi connectivity index (χ0n) is 15.6. The first-order valence-corrected chi connectivity index (χ1v) is 9.36. The number of fused-ring (bicyclic) bond motifs is 1. The predicted molar refractivity (Wildman–Crippen MR) is 98.6 cm³/mol. The largest absolute Gasteiger partial charge is 0.454 e. The molecule has 1 saturated heterocycles. The molecule has 2 N–H and O–H groups in total. The topological polar surface area (TPSA) is 72.1 Å². The van der Waals surface area contributed by atoms with E-state index in [0.717, 1.165) is 36.6 Å². The number of ether oxygens (including phenoxy) is 3. The molecule has 0 radical (unpaired) electrons. The summed E-state index contributed by atoms with van der Waals surface area (Å²) < 4.78 is 16.4. The number of rotatable bonds is 7. The first kappa shape index (κ1) is 18.8. The number of nitrogens with one attached hydrogen (secondary N) is 2. The van der Waals surface area contributed by atoms with Gasteiger partial charge in [0.1, 0.15) is 0 Å². The van der Waals surface area contributed by atoms with E-state index in [9.17, 15) is 4.79 Å². The summed E-state index contributed by atoms with van der Waals surface area (Å²) in [6.07, 6.45) is 0.975. The van der Waals surface area contributed by atoms with Gasteiger partial charge in [-0.1, -0.05) is 19.9 Å². The summed E-state index contributed by atoms with van der Waals surface area (Å²) in [5.41, 5.74) is 1.11. The zero-order chi connectivity index (χ0) is 18.4. The maximum Gasteiger partial charge on any atom is 0.314 e. The summed E-state index contributed by atoms with van der Waals surface area (Å²) in [6.45, 7) is 8.89. The van der Waals surface area contributed by atoms with Gasteiger partial charge in [-0.25, -0.2) is 4.79 Å². The van der Waals surface area contributed by atoms with Crippen LogP contribution in [0.4, 0.5) is 4.79 Å². The van der Waals surface area contributed by atoms with Crippen molar-refractivity contribution in [1.82, 2.24) is 15.5 Å². The minimum absolute atomic E-state index is 0.0734. The third-order valence-electron chi connectivity index (χ3n) is 4.73. The van der Waals surface area contributed by atoms with E-state index in [-0.39, 0.29) is 18.9 Å². The van der Waals surface area contributed by atoms with Gasteiger partial charge in [0.15, 0.2) is 11.5 Å². The van der Waals surface area contributed by atoms with Crippen LogP contribution in [0.1, 0.15) is 31.9 Å². The zero-order valence-corrected chi connectivity index (χ0v) is 15.6. The Kier molecular flexibility index (Phi) is 6.57. The summed E-state index contributed by atoms with van der Waals surface area (Å²) in [6, 6.07) is 5.95. The van der Waals surface area contributed by atoms with Gasteiger partial charge in [0, 0.05) is 26.2 Å². The Morgan fingerprint density at radius 2 is 1.92 bits per heavy atom. The Balaban J connectivity index is 1.63. The van der Waals surface area contributed by atoms with Gasteiger partial charge in [-0.15, -0.1) is 0 Å². The van der Waals surface area contributed by atoms with Crippen molar-refractivity contribution in [2.24, 2.45) is 5.92 Å². The highest BCUT2D eigenvalue weighted by Crippen LogP contribution is 2.35. The fourth-order valence-corrected chi connectivity index (χ4v) is 3.19. The third kappa shape index (κ3) is 5.02. The molecule has 26 heavy (non-hydrogen) atoms. The molecule has 2 amide bonds. The van der Waals surface area contributed by atoms with E-state index in [0.29, 0.717) is 32.2 Å². The molecule has 7 nitrogen and oxygen atoms in total. The number of carbonyl (C=O) groups is 1. The molecule has 2 heterocycles. The minimum Gasteiger partial charge on any atom is -0.454 e. The molecule has 0 aliphatic carbocycles. The van der Waals surface area contributed by atoms with E-state index in [2.05, 4.69) is 29.4 Å². The molecule has 1 atom stereocenters. The number of nitrogens with zero attached hydrogens (tertiary/aromatic N) is 1. The van der Waals surface area contributed by atoms with Crippen LogP contribution in [0.15, 0.2) is 18.2 Å². The molecule has 0 spiro atoms. The van der Waals surface area contributed by atoms with Crippen LogP contribution >= 0.6 is 0 Å². The molecular weight excluding hydrogens is 334 g/mol. The molecule has 1 fully saturated rings. The summed E-state index contributed by atoms with van der Waals surface area (Å²) in [5.74, 6) is 2.11. The third-order valence-corrected chi connectivity index (χ3v) is 4.73. The lowest BCUT2D eigenvalue weighted by Gasteiger charge is -2.35. The second-order valence-electron chi connectivity index (χ2n) is 7.10. The first-order valence-electron chi connectivity index (χ1n) is 9.36. The van der Waals surface area contributed by atoms with Crippen molar-refractivity contribution in [1.29, 1.82) is 0 Å². The Morgan fingerprint density at radius 1 is 1.15 bits per heavy atom. The average molecular weight is 363 g/mol. The molecule has 144 valence electrons. The Labute approximate surface area is 155 Å². The monoisotopic (exact) mass is 363 g/mol. The van der Waals surface area contributed by atoms with Gasteiger partial charge in [-0.3, -0.25) is 4.90 Å². The van der Waals surface area contributed by atoms with Gasteiger partial charge in [0.2, 0.25) is 6.79 Å². The van der Waals surface area contributed by atoms with Crippen LogP contribution in [0.3, 0.4) is 0 Å². The molecule has 3 rings (SSSR count). The van der Waals surface area contributed by atoms with E-state index in [4.69, 9.17) is 14.2 Å². The molecule has 2 aliphatic rings. The second kappa shape index (κ2) is 9.09. The van der Waals surface area contributed by atoms with Gasteiger partial charge in [-0.2, -0.15) is 0 Å². The number of morpholine rings is 1. The molecule has 1 aromatic carbocycles. The van der Waals surface area contributed by atoms with Crippen LogP contribution in [0, 0.1) is 5.92 Å². The number of amides is 2. The van der Waals surface area contributed by atoms with Gasteiger partial charge in [0.25, 0.3) is 0 Å². The average Bonchev–Trinajstić information content (AvgIpc) is 3.10. The van der Waals surface area contributed by atoms with Gasteiger partial charge in [0.05, 0.1) is 19.3 Å². The molecule has 7 heteroatoms. The molecule has 0 aromatic heterocycles. The normalized spacial score (nSPS) is 18.0. The molecule has 0 saturated carbocycles. The first-order chi connectivity index (χ1) is 12.6. The maximum atomic E-state index is 12.1. The van der Waals surface area contributed by atoms with E-state index >= 15 is 0 Å². The molecular formula is C19H29N3O4. The van der Waals surface area contributed by atoms with Crippen molar-refractivity contribution in [3.05, 3.63) is 23.8 Å². The van der Waals surface area contributed by atoms with Crippen molar-refractivity contribution in [2.45, 2.75) is 26.3 Å². The fourth-order valence-electron chi connectivity index (χ4n) is 3.19. The van der Waals surface area contributed by atoms with Crippen molar-refractivity contribution >= 4 is 6.03 Å². The molecule has 0 bridgehead atoms. The van der Waals surface area contributed by atoms with Crippen LogP contribution in [-0.2, 0) is 4.74 Å². The van der Waals surface area contributed by atoms with Crippen LogP contribution < -0.4 is 20.1 Å². The van der Waals surface area contributed by atoms with E-state index in [1.54, 1.807) is 0 Å². The fraction of sp³-hybridized carbons (Fsp3) is 0.632. The highest BCUT2D eigenvalue weighted by atomic mass is 16.7. The Hall–Kier alpha value is -1.99. The van der Waals surface area contributed by atoms with E-state index in [1.165, 1.54) is 0 Å². The Morgan fingerprint density at radius 3 is 2.69 bits per heavy atom. The lowest BCUT2D eigenvalue weighted by Crippen LogP contribution is -2.45. The van der Waals surface area contributed by atoms with Gasteiger partial charge < -0.3 is 24.8 Å². The van der Waals surface area contributed by atoms with Crippen LogP contribution in [0.5, 0.6) is 11.5 Å².